The molecule has 0 bridgehead atoms. The standard InChI is InChI=1S/C12H12F2N2O/c13-8-3-4-9-12(11(8)14)16(5-7-1-2-7)6-10(17)15-9/h3-4,7H,1-2,5-6H2,(H,15,17). The minimum absolute atomic E-state index is 0.101. The first-order valence-corrected chi connectivity index (χ1v) is 5.68. The summed E-state index contributed by atoms with van der Waals surface area (Å²) in [5.41, 5.74) is 0.553. The monoisotopic (exact) mass is 238 g/mol. The van der Waals surface area contributed by atoms with E-state index in [4.69, 9.17) is 0 Å². The van der Waals surface area contributed by atoms with Crippen molar-refractivity contribution in [3.63, 3.8) is 0 Å². The molecule has 1 fully saturated rings. The predicted molar refractivity (Wildman–Crippen MR) is 59.9 cm³/mol. The van der Waals surface area contributed by atoms with Gasteiger partial charge in [-0.1, -0.05) is 0 Å². The predicted octanol–water partition coefficient (Wildman–Crippen LogP) is 2.13. The molecule has 17 heavy (non-hydrogen) atoms. The van der Waals surface area contributed by atoms with Gasteiger partial charge in [0.1, 0.15) is 5.69 Å². The highest BCUT2D eigenvalue weighted by atomic mass is 19.2. The number of hydrogen-bond donors (Lipinski definition) is 1. The Kier molecular flexibility index (Phi) is 2.28. The Morgan fingerprint density at radius 1 is 1.35 bits per heavy atom. The summed E-state index contributed by atoms with van der Waals surface area (Å²) < 4.78 is 27.0. The second kappa shape index (κ2) is 3.68. The molecule has 90 valence electrons. The van der Waals surface area contributed by atoms with Crippen LogP contribution in [0.1, 0.15) is 12.8 Å². The highest BCUT2D eigenvalue weighted by molar-refractivity contribution is 6.01. The molecule has 1 aromatic rings. The van der Waals surface area contributed by atoms with Crippen LogP contribution in [-0.4, -0.2) is 19.0 Å². The van der Waals surface area contributed by atoms with Crippen molar-refractivity contribution in [2.24, 2.45) is 5.92 Å². The van der Waals surface area contributed by atoms with Crippen molar-refractivity contribution in [3.8, 4) is 0 Å². The Morgan fingerprint density at radius 2 is 2.12 bits per heavy atom. The molecular formula is C12H12F2N2O. The molecule has 0 atom stereocenters. The van der Waals surface area contributed by atoms with Gasteiger partial charge in [0.05, 0.1) is 12.2 Å². The van der Waals surface area contributed by atoms with Gasteiger partial charge < -0.3 is 10.2 Å². The SMILES string of the molecule is O=C1CN(CC2CC2)c2c(ccc(F)c2F)N1. The van der Waals surface area contributed by atoms with Crippen molar-refractivity contribution in [1.29, 1.82) is 0 Å². The lowest BCUT2D eigenvalue weighted by atomic mass is 10.1. The van der Waals surface area contributed by atoms with Crippen LogP contribution < -0.4 is 10.2 Å². The van der Waals surface area contributed by atoms with Gasteiger partial charge in [0, 0.05) is 6.54 Å². The molecule has 0 spiro atoms. The molecule has 1 aliphatic heterocycles. The van der Waals surface area contributed by atoms with Crippen LogP contribution in [-0.2, 0) is 4.79 Å². The van der Waals surface area contributed by atoms with Crippen LogP contribution in [0.3, 0.4) is 0 Å². The molecule has 1 N–H and O–H groups in total. The topological polar surface area (TPSA) is 32.3 Å². The van der Waals surface area contributed by atoms with Gasteiger partial charge in [0.15, 0.2) is 11.6 Å². The second-order valence-corrected chi connectivity index (χ2v) is 4.63. The van der Waals surface area contributed by atoms with E-state index in [0.717, 1.165) is 18.9 Å². The summed E-state index contributed by atoms with van der Waals surface area (Å²) in [5, 5.41) is 2.56. The van der Waals surface area contributed by atoms with Crippen molar-refractivity contribution >= 4 is 17.3 Å². The molecule has 0 aromatic heterocycles. The molecule has 3 rings (SSSR count). The van der Waals surface area contributed by atoms with Gasteiger partial charge in [-0.05, 0) is 30.9 Å². The van der Waals surface area contributed by atoms with E-state index in [1.165, 1.54) is 6.07 Å². The Balaban J connectivity index is 2.02. The highest BCUT2D eigenvalue weighted by Crippen LogP contribution is 2.37. The summed E-state index contributed by atoms with van der Waals surface area (Å²) in [6, 6.07) is 2.44. The van der Waals surface area contributed by atoms with Crippen LogP contribution in [0.2, 0.25) is 0 Å². The number of nitrogens with one attached hydrogen (secondary N) is 1. The minimum atomic E-state index is -0.874. The summed E-state index contributed by atoms with van der Waals surface area (Å²) >= 11 is 0. The lowest BCUT2D eigenvalue weighted by Gasteiger charge is -2.31. The van der Waals surface area contributed by atoms with Gasteiger partial charge in [0.25, 0.3) is 0 Å². The number of benzene rings is 1. The molecule has 0 saturated heterocycles. The number of hydrogen-bond acceptors (Lipinski definition) is 2. The van der Waals surface area contributed by atoms with Gasteiger partial charge >= 0.3 is 0 Å². The molecule has 0 radical (unpaired) electrons. The number of amides is 1. The fourth-order valence-electron chi connectivity index (χ4n) is 2.16. The number of carbonyl (C=O) groups excluding carboxylic acids is 1. The number of fused-ring (bicyclic) bond motifs is 1. The zero-order chi connectivity index (χ0) is 12.0. The number of rotatable bonds is 2. The molecule has 2 aliphatic rings. The zero-order valence-corrected chi connectivity index (χ0v) is 9.17. The Bertz CT molecular complexity index is 486. The molecule has 1 amide bonds. The average Bonchev–Trinajstić information content (AvgIpc) is 3.07. The lowest BCUT2D eigenvalue weighted by Crippen LogP contribution is -2.40. The maximum Gasteiger partial charge on any atom is 0.243 e. The van der Waals surface area contributed by atoms with Crippen LogP contribution in [0.5, 0.6) is 0 Å². The maximum atomic E-state index is 13.8. The largest absolute Gasteiger partial charge is 0.358 e. The van der Waals surface area contributed by atoms with Gasteiger partial charge in [-0.25, -0.2) is 8.78 Å². The van der Waals surface area contributed by atoms with Crippen molar-refractivity contribution in [2.45, 2.75) is 12.8 Å². The van der Waals surface area contributed by atoms with Gasteiger partial charge in [0.2, 0.25) is 5.91 Å². The number of halogens is 2. The number of anilines is 2. The Labute approximate surface area is 97.4 Å². The van der Waals surface area contributed by atoms with E-state index >= 15 is 0 Å². The third-order valence-electron chi connectivity index (χ3n) is 3.17. The summed E-state index contributed by atoms with van der Waals surface area (Å²) in [5.74, 6) is -1.41. The molecule has 1 saturated carbocycles. The fourth-order valence-corrected chi connectivity index (χ4v) is 2.16. The van der Waals surface area contributed by atoms with Crippen molar-refractivity contribution in [2.75, 3.05) is 23.3 Å². The minimum Gasteiger partial charge on any atom is -0.358 e. The molecule has 3 nitrogen and oxygen atoms in total. The first-order valence-electron chi connectivity index (χ1n) is 5.68. The summed E-state index contributed by atoms with van der Waals surface area (Å²) in [7, 11) is 0. The average molecular weight is 238 g/mol. The van der Waals surface area contributed by atoms with Crippen molar-refractivity contribution in [3.05, 3.63) is 23.8 Å². The van der Waals surface area contributed by atoms with Gasteiger partial charge in [-0.2, -0.15) is 0 Å². The van der Waals surface area contributed by atoms with E-state index in [2.05, 4.69) is 5.32 Å². The molecule has 0 unspecified atom stereocenters. The lowest BCUT2D eigenvalue weighted by molar-refractivity contribution is -0.115. The van der Waals surface area contributed by atoms with Gasteiger partial charge in [-0.15, -0.1) is 0 Å². The first-order chi connectivity index (χ1) is 8.15. The van der Waals surface area contributed by atoms with Crippen LogP contribution >= 0.6 is 0 Å². The summed E-state index contributed by atoms with van der Waals surface area (Å²) in [4.78, 5) is 13.1. The third kappa shape index (κ3) is 1.85. The maximum absolute atomic E-state index is 13.8. The van der Waals surface area contributed by atoms with E-state index in [1.54, 1.807) is 4.90 Å². The summed E-state index contributed by atoms with van der Waals surface area (Å²) in [6.45, 7) is 0.727. The van der Waals surface area contributed by atoms with E-state index < -0.39 is 11.6 Å². The van der Waals surface area contributed by atoms with Crippen molar-refractivity contribution < 1.29 is 13.6 Å². The number of nitrogens with zero attached hydrogens (tertiary/aromatic N) is 1. The van der Waals surface area contributed by atoms with Crippen LogP contribution in [0, 0.1) is 17.6 Å². The van der Waals surface area contributed by atoms with Gasteiger partial charge in [-0.3, -0.25) is 4.79 Å². The van der Waals surface area contributed by atoms with E-state index in [1.807, 2.05) is 0 Å². The zero-order valence-electron chi connectivity index (χ0n) is 9.17. The Morgan fingerprint density at radius 3 is 2.82 bits per heavy atom. The number of carbonyl (C=O) groups is 1. The second-order valence-electron chi connectivity index (χ2n) is 4.63. The van der Waals surface area contributed by atoms with Crippen molar-refractivity contribution in [1.82, 2.24) is 0 Å². The molecule has 1 heterocycles. The quantitative estimate of drug-likeness (QED) is 0.856. The Hall–Kier alpha value is -1.65. The molecule has 1 aliphatic carbocycles. The smallest absolute Gasteiger partial charge is 0.243 e. The summed E-state index contributed by atoms with van der Waals surface area (Å²) in [6.07, 6.45) is 2.20. The molecule has 1 aromatic carbocycles. The third-order valence-corrected chi connectivity index (χ3v) is 3.17. The fraction of sp³-hybridized carbons (Fsp3) is 0.417. The van der Waals surface area contributed by atoms with Crippen LogP contribution in [0.25, 0.3) is 0 Å². The van der Waals surface area contributed by atoms with Crippen LogP contribution in [0.4, 0.5) is 20.2 Å². The van der Waals surface area contributed by atoms with E-state index in [-0.39, 0.29) is 18.1 Å². The highest BCUT2D eigenvalue weighted by Gasteiger charge is 2.31. The van der Waals surface area contributed by atoms with E-state index in [9.17, 15) is 13.6 Å². The first kappa shape index (κ1) is 10.5. The molecule has 5 heteroatoms. The van der Waals surface area contributed by atoms with Crippen LogP contribution in [0.15, 0.2) is 12.1 Å². The van der Waals surface area contributed by atoms with E-state index in [0.29, 0.717) is 18.2 Å². The normalized spacial score (nSPS) is 18.9. The molecular weight excluding hydrogens is 226 g/mol.